The molecule has 5 nitrogen and oxygen atoms in total. The van der Waals surface area contributed by atoms with Crippen LogP contribution in [0.4, 0.5) is 0 Å². The molecular formula is C9H7ClN2O3. The molecule has 2 aromatic rings. The Balaban J connectivity index is 2.56. The molecule has 0 aliphatic heterocycles. The molecule has 1 atom stereocenters. The molecule has 1 aromatic heterocycles. The van der Waals surface area contributed by atoms with Gasteiger partial charge in [0.05, 0.1) is 5.02 Å². The van der Waals surface area contributed by atoms with Gasteiger partial charge in [-0.1, -0.05) is 17.7 Å². The highest BCUT2D eigenvalue weighted by Crippen LogP contribution is 2.25. The number of oxazole rings is 1. The van der Waals surface area contributed by atoms with Crippen LogP contribution in [0.5, 0.6) is 0 Å². The Bertz CT molecular complexity index is 523. The quantitative estimate of drug-likeness (QED) is 0.811. The van der Waals surface area contributed by atoms with Crippen LogP contribution in [-0.2, 0) is 4.79 Å². The molecule has 6 heteroatoms. The van der Waals surface area contributed by atoms with Crippen molar-refractivity contribution < 1.29 is 14.3 Å². The SMILES string of the molecule is NC(C(=O)O)c1nc2cccc(Cl)c2o1. The molecule has 1 aromatic carbocycles. The topological polar surface area (TPSA) is 89.4 Å². The number of halogens is 1. The number of nitrogens with two attached hydrogens (primary N) is 1. The highest BCUT2D eigenvalue weighted by molar-refractivity contribution is 6.34. The fourth-order valence-electron chi connectivity index (χ4n) is 1.17. The lowest BCUT2D eigenvalue weighted by atomic mass is 10.3. The normalized spacial score (nSPS) is 12.9. The lowest BCUT2D eigenvalue weighted by Crippen LogP contribution is -2.20. The molecule has 0 aliphatic rings. The zero-order chi connectivity index (χ0) is 11.0. The van der Waals surface area contributed by atoms with Gasteiger partial charge in [-0.05, 0) is 12.1 Å². The molecule has 1 heterocycles. The molecule has 0 saturated carbocycles. The van der Waals surface area contributed by atoms with Crippen LogP contribution in [-0.4, -0.2) is 16.1 Å². The fraction of sp³-hybridized carbons (Fsp3) is 0.111. The van der Waals surface area contributed by atoms with Crippen molar-refractivity contribution in [2.45, 2.75) is 6.04 Å². The molecule has 0 saturated heterocycles. The van der Waals surface area contributed by atoms with Gasteiger partial charge < -0.3 is 15.3 Å². The molecule has 78 valence electrons. The van der Waals surface area contributed by atoms with Crippen LogP contribution in [0.3, 0.4) is 0 Å². The smallest absolute Gasteiger partial charge is 0.330 e. The Labute approximate surface area is 89.5 Å². The first-order valence-electron chi connectivity index (χ1n) is 4.13. The highest BCUT2D eigenvalue weighted by atomic mass is 35.5. The Hall–Kier alpha value is -1.59. The van der Waals surface area contributed by atoms with Gasteiger partial charge in [-0.15, -0.1) is 0 Å². The van der Waals surface area contributed by atoms with Crippen LogP contribution in [0.2, 0.25) is 5.02 Å². The Morgan fingerprint density at radius 3 is 2.93 bits per heavy atom. The van der Waals surface area contributed by atoms with Crippen molar-refractivity contribution in [3.05, 3.63) is 29.1 Å². The van der Waals surface area contributed by atoms with Gasteiger partial charge in [0.2, 0.25) is 5.89 Å². The first-order chi connectivity index (χ1) is 7.09. The van der Waals surface area contributed by atoms with E-state index in [1.807, 2.05) is 0 Å². The zero-order valence-electron chi connectivity index (χ0n) is 7.48. The van der Waals surface area contributed by atoms with E-state index in [9.17, 15) is 4.79 Å². The third kappa shape index (κ3) is 1.67. The number of carbonyl (C=O) groups is 1. The third-order valence-corrected chi connectivity index (χ3v) is 2.21. The maximum Gasteiger partial charge on any atom is 0.330 e. The number of hydrogen-bond acceptors (Lipinski definition) is 4. The van der Waals surface area contributed by atoms with Crippen molar-refractivity contribution in [2.24, 2.45) is 5.73 Å². The lowest BCUT2D eigenvalue weighted by Gasteiger charge is -1.98. The molecule has 1 unspecified atom stereocenters. The summed E-state index contributed by atoms with van der Waals surface area (Å²) in [4.78, 5) is 14.5. The summed E-state index contributed by atoms with van der Waals surface area (Å²) >= 11 is 5.83. The van der Waals surface area contributed by atoms with E-state index in [2.05, 4.69) is 4.98 Å². The zero-order valence-corrected chi connectivity index (χ0v) is 8.23. The average Bonchev–Trinajstić information content (AvgIpc) is 2.61. The summed E-state index contributed by atoms with van der Waals surface area (Å²) in [5.41, 5.74) is 6.20. The first kappa shape index (κ1) is 9.95. The largest absolute Gasteiger partial charge is 0.480 e. The number of benzene rings is 1. The van der Waals surface area contributed by atoms with Crippen molar-refractivity contribution in [3.63, 3.8) is 0 Å². The standard InChI is InChI=1S/C9H7ClN2O3/c10-4-2-1-3-5-7(4)15-8(12-5)6(11)9(13)14/h1-3,6H,11H2,(H,13,14). The average molecular weight is 227 g/mol. The molecule has 2 rings (SSSR count). The number of carboxylic acid groups (broad SMARTS) is 1. The summed E-state index contributed by atoms with van der Waals surface area (Å²) < 4.78 is 5.17. The maximum atomic E-state index is 10.6. The van der Waals surface area contributed by atoms with E-state index in [1.165, 1.54) is 0 Å². The number of carboxylic acids is 1. The number of hydrogen-bond donors (Lipinski definition) is 2. The molecule has 15 heavy (non-hydrogen) atoms. The summed E-state index contributed by atoms with van der Waals surface area (Å²) in [6, 6.07) is 3.73. The maximum absolute atomic E-state index is 10.6. The minimum Gasteiger partial charge on any atom is -0.480 e. The minimum absolute atomic E-state index is 0.0504. The molecule has 0 fully saturated rings. The number of aliphatic carboxylic acids is 1. The summed E-state index contributed by atoms with van der Waals surface area (Å²) in [5.74, 6) is -1.25. The van der Waals surface area contributed by atoms with Crippen molar-refractivity contribution in [1.29, 1.82) is 0 Å². The molecule has 0 amide bonds. The second-order valence-electron chi connectivity index (χ2n) is 2.96. The summed E-state index contributed by atoms with van der Waals surface area (Å²) in [6.07, 6.45) is 0. The summed E-state index contributed by atoms with van der Waals surface area (Å²) in [5, 5.41) is 9.05. The van der Waals surface area contributed by atoms with Gasteiger partial charge in [-0.25, -0.2) is 9.78 Å². The number of nitrogens with zero attached hydrogens (tertiary/aromatic N) is 1. The molecule has 0 aliphatic carbocycles. The number of aromatic nitrogens is 1. The van der Waals surface area contributed by atoms with Gasteiger partial charge in [-0.2, -0.15) is 0 Å². The van der Waals surface area contributed by atoms with Gasteiger partial charge in [-0.3, -0.25) is 0 Å². The van der Waals surface area contributed by atoms with E-state index in [-0.39, 0.29) is 5.89 Å². The number of fused-ring (bicyclic) bond motifs is 1. The second kappa shape index (κ2) is 3.52. The molecule has 0 radical (unpaired) electrons. The van der Waals surface area contributed by atoms with E-state index in [0.717, 1.165) is 0 Å². The predicted octanol–water partition coefficient (Wildman–Crippen LogP) is 1.57. The molecular weight excluding hydrogens is 220 g/mol. The van der Waals surface area contributed by atoms with Gasteiger partial charge in [0.15, 0.2) is 11.6 Å². The Kier molecular flexibility index (Phi) is 2.34. The predicted molar refractivity (Wildman–Crippen MR) is 53.6 cm³/mol. The third-order valence-electron chi connectivity index (χ3n) is 1.92. The van der Waals surface area contributed by atoms with Gasteiger partial charge in [0.25, 0.3) is 0 Å². The van der Waals surface area contributed by atoms with E-state index < -0.39 is 12.0 Å². The monoisotopic (exact) mass is 226 g/mol. The van der Waals surface area contributed by atoms with Gasteiger partial charge in [0.1, 0.15) is 5.52 Å². The van der Waals surface area contributed by atoms with Crippen LogP contribution < -0.4 is 5.73 Å². The second-order valence-corrected chi connectivity index (χ2v) is 3.36. The number of para-hydroxylation sites is 1. The van der Waals surface area contributed by atoms with Crippen LogP contribution in [0.25, 0.3) is 11.1 Å². The Morgan fingerprint density at radius 2 is 2.33 bits per heavy atom. The van der Waals surface area contributed by atoms with E-state index in [4.69, 9.17) is 26.9 Å². The molecule has 0 bridgehead atoms. The van der Waals surface area contributed by atoms with Crippen LogP contribution in [0.1, 0.15) is 11.9 Å². The first-order valence-corrected chi connectivity index (χ1v) is 4.50. The van der Waals surface area contributed by atoms with Gasteiger partial charge >= 0.3 is 5.97 Å². The summed E-state index contributed by atoms with van der Waals surface area (Å²) in [6.45, 7) is 0. The number of rotatable bonds is 2. The Morgan fingerprint density at radius 1 is 1.60 bits per heavy atom. The van der Waals surface area contributed by atoms with Crippen LogP contribution >= 0.6 is 11.6 Å². The van der Waals surface area contributed by atoms with E-state index >= 15 is 0 Å². The van der Waals surface area contributed by atoms with Crippen molar-refractivity contribution in [1.82, 2.24) is 4.98 Å². The molecule has 0 spiro atoms. The van der Waals surface area contributed by atoms with E-state index in [0.29, 0.717) is 16.1 Å². The fourth-order valence-corrected chi connectivity index (χ4v) is 1.38. The van der Waals surface area contributed by atoms with Gasteiger partial charge in [0, 0.05) is 0 Å². The van der Waals surface area contributed by atoms with Crippen LogP contribution in [0, 0.1) is 0 Å². The lowest BCUT2D eigenvalue weighted by molar-refractivity contribution is -0.139. The summed E-state index contributed by atoms with van der Waals surface area (Å²) in [7, 11) is 0. The van der Waals surface area contributed by atoms with E-state index in [1.54, 1.807) is 18.2 Å². The van der Waals surface area contributed by atoms with Crippen molar-refractivity contribution in [2.75, 3.05) is 0 Å². The van der Waals surface area contributed by atoms with Crippen LogP contribution in [0.15, 0.2) is 22.6 Å². The van der Waals surface area contributed by atoms with Crippen molar-refractivity contribution in [3.8, 4) is 0 Å². The minimum atomic E-state index is -1.27. The van der Waals surface area contributed by atoms with Crippen molar-refractivity contribution >= 4 is 28.7 Å². The molecule has 3 N–H and O–H groups in total. The highest BCUT2D eigenvalue weighted by Gasteiger charge is 2.21.